The predicted molar refractivity (Wildman–Crippen MR) is 183 cm³/mol. The van der Waals surface area contributed by atoms with Gasteiger partial charge < -0.3 is 4.42 Å². The van der Waals surface area contributed by atoms with Crippen LogP contribution in [0.3, 0.4) is 0 Å². The second-order valence-electron chi connectivity index (χ2n) is 9.18. The zero-order valence-corrected chi connectivity index (χ0v) is 27.1. The number of carbonyl (C=O) groups excluding carboxylic acids is 2. The lowest BCUT2D eigenvalue weighted by Gasteiger charge is -2.03. The third-order valence-electron chi connectivity index (χ3n) is 5.83. The van der Waals surface area contributed by atoms with E-state index in [0.29, 0.717) is 21.5 Å². The van der Waals surface area contributed by atoms with E-state index in [0.717, 1.165) is 44.4 Å². The minimum Gasteiger partial charge on any atom is -0.394 e. The lowest BCUT2D eigenvalue weighted by atomic mass is 10.0. The number of benzene rings is 4. The van der Waals surface area contributed by atoms with Gasteiger partial charge in [-0.3, -0.25) is 9.59 Å². The molecule has 10 heteroatoms. The number of Topliss-reactive ketones (excluding diaryl/α,β-unsaturated/α-hetero) is 2. The van der Waals surface area contributed by atoms with Crippen LogP contribution in [0.15, 0.2) is 118 Å². The fourth-order valence-corrected chi connectivity index (χ4v) is 5.41. The minimum absolute atomic E-state index is 0.0209. The van der Waals surface area contributed by atoms with E-state index >= 15 is 0 Å². The molecule has 6 aromatic rings. The van der Waals surface area contributed by atoms with Crippen molar-refractivity contribution in [2.45, 2.75) is 13.8 Å². The molecule has 0 aliphatic carbocycles. The Morgan fingerprint density at radius 2 is 1.24 bits per heavy atom. The zero-order chi connectivity index (χ0) is 32.2. The molecule has 2 heterocycles. The minimum atomic E-state index is -0.398. The molecule has 0 bridgehead atoms. The molecule has 0 unspecified atom stereocenters. The van der Waals surface area contributed by atoms with Gasteiger partial charge in [-0.15, -0.1) is 4.37 Å². The van der Waals surface area contributed by atoms with E-state index in [2.05, 4.69) is 20.6 Å². The highest BCUT2D eigenvalue weighted by Gasteiger charge is 2.20. The number of aromatic nitrogens is 2. The second kappa shape index (κ2) is 16.4. The molecule has 6 nitrogen and oxygen atoms in total. The third-order valence-corrected chi connectivity index (χ3v) is 7.72. The highest BCUT2D eigenvalue weighted by Crippen LogP contribution is 2.36. The predicted octanol–water partition coefficient (Wildman–Crippen LogP) is 9.38. The summed E-state index contributed by atoms with van der Waals surface area (Å²) < 4.78 is 13.1. The lowest BCUT2D eigenvalue weighted by Crippen LogP contribution is -1.95. The topological polar surface area (TPSA) is 90.1 Å². The Kier molecular flexibility index (Phi) is 12.1. The van der Waals surface area contributed by atoms with Crippen LogP contribution in [0.4, 0.5) is 0 Å². The normalized spacial score (nSPS) is 9.87. The van der Waals surface area contributed by atoms with Gasteiger partial charge in [0.1, 0.15) is 0 Å². The number of nitrogens with zero attached hydrogens (tertiary/aromatic N) is 2. The summed E-state index contributed by atoms with van der Waals surface area (Å²) in [5.41, 5.74) is 4.95. The van der Waals surface area contributed by atoms with Gasteiger partial charge in [-0.2, -0.15) is 4.37 Å². The summed E-state index contributed by atoms with van der Waals surface area (Å²) in [7, 11) is 0. The number of carbonyl (C=O) groups is 2. The fraction of sp³-hybridized carbons (Fsp3) is 0.0571. The fourth-order valence-electron chi connectivity index (χ4n) is 3.79. The average Bonchev–Trinajstić information content (AvgIpc) is 3.70. The van der Waals surface area contributed by atoms with Crippen molar-refractivity contribution in [3.05, 3.63) is 140 Å². The molecule has 0 amide bonds. The Bertz CT molecular complexity index is 1990. The molecule has 4 aromatic carbocycles. The highest BCUT2D eigenvalue weighted by molar-refractivity contribution is 7.10. The largest absolute Gasteiger partial charge is 0.414 e. The van der Waals surface area contributed by atoms with Crippen molar-refractivity contribution in [2.24, 2.45) is 0 Å². The average molecular weight is 672 g/mol. The van der Waals surface area contributed by atoms with Gasteiger partial charge in [0, 0.05) is 33.7 Å². The quantitative estimate of drug-likeness (QED) is 0.137. The Labute approximate surface area is 278 Å². The SMILES string of the molecule is CC(=O)C#Cc1ccccc1.CC(=O)c1c(-c2ccc(Cl)cc2)nsc1-c1ccccc1.O=c1oc(-c2ccc(Cl)cc2)ns1. The van der Waals surface area contributed by atoms with E-state index in [4.69, 9.17) is 27.6 Å². The van der Waals surface area contributed by atoms with Crippen molar-refractivity contribution in [3.63, 3.8) is 0 Å². The first-order chi connectivity index (χ1) is 21.7. The molecule has 0 fully saturated rings. The van der Waals surface area contributed by atoms with Gasteiger partial charge in [-0.1, -0.05) is 89.8 Å². The number of hydrogen-bond donors (Lipinski definition) is 0. The van der Waals surface area contributed by atoms with Gasteiger partial charge in [-0.25, -0.2) is 4.79 Å². The maximum absolute atomic E-state index is 12.1. The monoisotopic (exact) mass is 670 g/mol. The smallest absolute Gasteiger partial charge is 0.394 e. The standard InChI is InChI=1S/C17H12ClNOS.C10H8O.C8H4ClNO2S/c1-11(20)15-16(12-7-9-14(18)10-8-12)19-21-17(15)13-5-3-2-4-6-13;1-9(11)7-8-10-5-3-2-4-6-10;9-6-3-1-5(2-4-6)7-10-13-8(11)12-7/h2-10H,1H3;2-6H,1H3;1-4H. The van der Waals surface area contributed by atoms with Crippen LogP contribution in [0.1, 0.15) is 29.8 Å². The zero-order valence-electron chi connectivity index (χ0n) is 24.0. The first kappa shape index (κ1) is 33.2. The first-order valence-electron chi connectivity index (χ1n) is 13.3. The van der Waals surface area contributed by atoms with Crippen molar-refractivity contribution in [2.75, 3.05) is 0 Å². The molecule has 0 atom stereocenters. The van der Waals surface area contributed by atoms with Gasteiger partial charge >= 0.3 is 4.94 Å². The highest BCUT2D eigenvalue weighted by atomic mass is 35.5. The second-order valence-corrected chi connectivity index (χ2v) is 11.5. The van der Waals surface area contributed by atoms with Crippen molar-refractivity contribution >= 4 is 57.8 Å². The van der Waals surface area contributed by atoms with Crippen molar-refractivity contribution in [3.8, 4) is 45.0 Å². The van der Waals surface area contributed by atoms with Gasteiger partial charge in [0.2, 0.25) is 11.7 Å². The molecule has 0 radical (unpaired) electrons. The summed E-state index contributed by atoms with van der Waals surface area (Å²) in [5.74, 6) is 5.47. The number of halogens is 2. The number of ketones is 2. The van der Waals surface area contributed by atoms with Crippen LogP contribution < -0.4 is 4.94 Å². The van der Waals surface area contributed by atoms with Crippen LogP contribution in [0.25, 0.3) is 33.2 Å². The molecule has 224 valence electrons. The van der Waals surface area contributed by atoms with Crippen molar-refractivity contribution in [1.82, 2.24) is 8.75 Å². The van der Waals surface area contributed by atoms with Crippen LogP contribution in [0.2, 0.25) is 10.0 Å². The van der Waals surface area contributed by atoms with E-state index in [-0.39, 0.29) is 11.6 Å². The molecular weight excluding hydrogens is 647 g/mol. The van der Waals surface area contributed by atoms with Crippen LogP contribution >= 0.6 is 46.3 Å². The third kappa shape index (κ3) is 9.93. The summed E-state index contributed by atoms with van der Waals surface area (Å²) in [6, 6.07) is 33.6. The number of rotatable bonds is 4. The molecular formula is C35H24Cl2N2O4S2. The molecule has 45 heavy (non-hydrogen) atoms. The van der Waals surface area contributed by atoms with E-state index in [9.17, 15) is 14.4 Å². The van der Waals surface area contributed by atoms with Crippen molar-refractivity contribution in [1.29, 1.82) is 0 Å². The Hall–Kier alpha value is -4.65. The van der Waals surface area contributed by atoms with Crippen LogP contribution in [0.5, 0.6) is 0 Å². The summed E-state index contributed by atoms with van der Waals surface area (Å²) in [4.78, 5) is 33.8. The van der Waals surface area contributed by atoms with Crippen LogP contribution in [-0.2, 0) is 4.79 Å². The van der Waals surface area contributed by atoms with Crippen LogP contribution in [-0.4, -0.2) is 20.3 Å². The molecule has 0 saturated carbocycles. The Balaban J connectivity index is 0.000000165. The molecule has 0 spiro atoms. The maximum Gasteiger partial charge on any atom is 0.414 e. The summed E-state index contributed by atoms with van der Waals surface area (Å²) in [5, 5.41) is 1.31. The molecule has 2 aromatic heterocycles. The van der Waals surface area contributed by atoms with Crippen molar-refractivity contribution < 1.29 is 14.0 Å². The van der Waals surface area contributed by atoms with E-state index in [1.165, 1.54) is 18.5 Å². The lowest BCUT2D eigenvalue weighted by molar-refractivity contribution is -0.111. The Morgan fingerprint density at radius 3 is 1.76 bits per heavy atom. The van der Waals surface area contributed by atoms with Crippen LogP contribution in [0, 0.1) is 11.8 Å². The molecule has 6 rings (SSSR count). The van der Waals surface area contributed by atoms with E-state index in [1.54, 1.807) is 31.2 Å². The van der Waals surface area contributed by atoms with E-state index in [1.807, 2.05) is 84.9 Å². The van der Waals surface area contributed by atoms with E-state index < -0.39 is 4.94 Å². The summed E-state index contributed by atoms with van der Waals surface area (Å²) >= 11 is 13.8. The molecule has 0 aliphatic rings. The molecule has 0 aliphatic heterocycles. The molecule has 0 saturated heterocycles. The first-order valence-corrected chi connectivity index (χ1v) is 15.6. The van der Waals surface area contributed by atoms with Gasteiger partial charge in [0.05, 0.1) is 27.7 Å². The Morgan fingerprint density at radius 1 is 0.689 bits per heavy atom. The van der Waals surface area contributed by atoms with Gasteiger partial charge in [0.25, 0.3) is 0 Å². The van der Waals surface area contributed by atoms with Gasteiger partial charge in [-0.05, 0) is 78.5 Å². The van der Waals surface area contributed by atoms with Gasteiger partial charge in [0.15, 0.2) is 5.78 Å². The summed E-state index contributed by atoms with van der Waals surface area (Å²) in [6.45, 7) is 3.03. The summed E-state index contributed by atoms with van der Waals surface area (Å²) in [6.07, 6.45) is 0. The molecule has 0 N–H and O–H groups in total. The number of hydrogen-bond acceptors (Lipinski definition) is 8. The maximum atomic E-state index is 12.1.